The highest BCUT2D eigenvalue weighted by molar-refractivity contribution is 5.67. The number of benzene rings is 1. The molecule has 1 aliphatic heterocycles. The Morgan fingerprint density at radius 1 is 1.42 bits per heavy atom. The number of hydrogen-bond donors (Lipinski definition) is 2. The molecule has 0 saturated carbocycles. The van der Waals surface area contributed by atoms with Crippen LogP contribution < -0.4 is 11.1 Å². The molecule has 0 radical (unpaired) electrons. The normalized spacial score (nSPS) is 18.3. The van der Waals surface area contributed by atoms with Gasteiger partial charge in [0.15, 0.2) is 0 Å². The molecule has 19 heavy (non-hydrogen) atoms. The number of morpholine rings is 1. The van der Waals surface area contributed by atoms with Gasteiger partial charge in [-0.15, -0.1) is 0 Å². The highest BCUT2D eigenvalue weighted by Crippen LogP contribution is 2.23. The number of ether oxygens (including phenoxy) is 1. The fraction of sp³-hybridized carbons (Fsp3) is 0.571. The molecule has 0 amide bonds. The van der Waals surface area contributed by atoms with Crippen molar-refractivity contribution in [3.05, 3.63) is 23.5 Å². The van der Waals surface area contributed by atoms with Crippen molar-refractivity contribution in [2.24, 2.45) is 0 Å². The molecule has 1 aromatic rings. The summed E-state index contributed by atoms with van der Waals surface area (Å²) in [6.07, 6.45) is 0. The lowest BCUT2D eigenvalue weighted by atomic mass is 10.1. The van der Waals surface area contributed by atoms with E-state index in [1.807, 2.05) is 0 Å². The van der Waals surface area contributed by atoms with Crippen LogP contribution >= 0.6 is 0 Å². The molecule has 1 fully saturated rings. The first-order valence-corrected chi connectivity index (χ1v) is 6.68. The summed E-state index contributed by atoms with van der Waals surface area (Å²) in [4.78, 5) is 2.35. The molecule has 0 bridgehead atoms. The molecule has 1 saturated heterocycles. The van der Waals surface area contributed by atoms with Crippen LogP contribution in [0.15, 0.2) is 12.1 Å². The Morgan fingerprint density at radius 2 is 2.11 bits per heavy atom. The molecule has 1 unspecified atom stereocenters. The summed E-state index contributed by atoms with van der Waals surface area (Å²) >= 11 is 0. The number of aryl methyl sites for hydroxylation is 1. The maximum Gasteiger partial charge on any atom is 0.128 e. The van der Waals surface area contributed by atoms with Crippen molar-refractivity contribution in [1.82, 2.24) is 4.90 Å². The highest BCUT2D eigenvalue weighted by atomic mass is 19.1. The van der Waals surface area contributed by atoms with Gasteiger partial charge in [-0.3, -0.25) is 4.90 Å². The molecule has 4 nitrogen and oxygen atoms in total. The Morgan fingerprint density at radius 3 is 2.79 bits per heavy atom. The zero-order valence-corrected chi connectivity index (χ0v) is 11.6. The summed E-state index contributed by atoms with van der Waals surface area (Å²) in [5.41, 5.74) is 7.70. The van der Waals surface area contributed by atoms with Gasteiger partial charge in [-0.05, 0) is 31.5 Å². The van der Waals surface area contributed by atoms with Crippen molar-refractivity contribution in [3.8, 4) is 0 Å². The molecular formula is C14H22FN3O. The van der Waals surface area contributed by atoms with Gasteiger partial charge >= 0.3 is 0 Å². The van der Waals surface area contributed by atoms with E-state index in [0.717, 1.165) is 38.5 Å². The molecule has 0 aromatic heterocycles. The third-order valence-electron chi connectivity index (χ3n) is 3.37. The van der Waals surface area contributed by atoms with Gasteiger partial charge in [0.1, 0.15) is 5.82 Å². The minimum Gasteiger partial charge on any atom is -0.397 e. The van der Waals surface area contributed by atoms with Crippen LogP contribution in [0.5, 0.6) is 0 Å². The first kappa shape index (κ1) is 14.1. The van der Waals surface area contributed by atoms with Gasteiger partial charge in [-0.1, -0.05) is 0 Å². The van der Waals surface area contributed by atoms with Crippen molar-refractivity contribution in [2.75, 3.05) is 43.9 Å². The summed E-state index contributed by atoms with van der Waals surface area (Å²) < 4.78 is 18.7. The molecule has 0 spiro atoms. The van der Waals surface area contributed by atoms with Gasteiger partial charge in [0.05, 0.1) is 24.6 Å². The number of nitrogen functional groups attached to an aromatic ring is 1. The molecule has 106 valence electrons. The number of nitrogens with one attached hydrogen (secondary N) is 1. The molecule has 2 rings (SSSR count). The van der Waals surface area contributed by atoms with Crippen LogP contribution in [0.1, 0.15) is 12.5 Å². The zero-order valence-electron chi connectivity index (χ0n) is 11.6. The first-order chi connectivity index (χ1) is 9.06. The Kier molecular flexibility index (Phi) is 4.61. The molecule has 0 aliphatic carbocycles. The van der Waals surface area contributed by atoms with Crippen molar-refractivity contribution >= 4 is 11.4 Å². The van der Waals surface area contributed by atoms with Gasteiger partial charge in [0.25, 0.3) is 0 Å². The van der Waals surface area contributed by atoms with Gasteiger partial charge in [-0.25, -0.2) is 4.39 Å². The quantitative estimate of drug-likeness (QED) is 0.817. The van der Waals surface area contributed by atoms with E-state index < -0.39 is 0 Å². The van der Waals surface area contributed by atoms with Crippen LogP contribution in [0.25, 0.3) is 0 Å². The van der Waals surface area contributed by atoms with E-state index >= 15 is 0 Å². The number of halogens is 1. The summed E-state index contributed by atoms with van der Waals surface area (Å²) in [6.45, 7) is 8.29. The average Bonchev–Trinajstić information content (AvgIpc) is 2.37. The predicted octanol–water partition coefficient (Wildman–Crippen LogP) is 1.85. The van der Waals surface area contributed by atoms with Crippen LogP contribution in [-0.2, 0) is 4.74 Å². The monoisotopic (exact) mass is 267 g/mol. The predicted molar refractivity (Wildman–Crippen MR) is 75.9 cm³/mol. The van der Waals surface area contributed by atoms with Crippen LogP contribution in [0, 0.1) is 12.7 Å². The third kappa shape index (κ3) is 3.81. The second-order valence-electron chi connectivity index (χ2n) is 5.15. The lowest BCUT2D eigenvalue weighted by Crippen LogP contribution is -2.42. The fourth-order valence-electron chi connectivity index (χ4n) is 2.30. The number of nitrogens with zero attached hydrogens (tertiary/aromatic N) is 1. The van der Waals surface area contributed by atoms with Gasteiger partial charge < -0.3 is 15.8 Å². The van der Waals surface area contributed by atoms with Crippen LogP contribution in [0.2, 0.25) is 0 Å². The molecule has 1 atom stereocenters. The van der Waals surface area contributed by atoms with Crippen molar-refractivity contribution in [3.63, 3.8) is 0 Å². The maximum absolute atomic E-state index is 13.3. The molecule has 1 heterocycles. The molecule has 3 N–H and O–H groups in total. The molecule has 1 aromatic carbocycles. The topological polar surface area (TPSA) is 50.5 Å². The second-order valence-corrected chi connectivity index (χ2v) is 5.15. The number of rotatable bonds is 4. The lowest BCUT2D eigenvalue weighted by Gasteiger charge is -2.30. The first-order valence-electron chi connectivity index (χ1n) is 6.68. The van der Waals surface area contributed by atoms with E-state index in [1.54, 1.807) is 13.0 Å². The summed E-state index contributed by atoms with van der Waals surface area (Å²) in [5, 5.41) is 3.35. The van der Waals surface area contributed by atoms with E-state index in [-0.39, 0.29) is 11.9 Å². The molecular weight excluding hydrogens is 245 g/mol. The van der Waals surface area contributed by atoms with Gasteiger partial charge in [-0.2, -0.15) is 0 Å². The number of hydrogen-bond acceptors (Lipinski definition) is 4. The van der Waals surface area contributed by atoms with Crippen molar-refractivity contribution in [1.29, 1.82) is 0 Å². The van der Waals surface area contributed by atoms with E-state index in [0.29, 0.717) is 11.3 Å². The van der Waals surface area contributed by atoms with Crippen LogP contribution in [0.3, 0.4) is 0 Å². The second kappa shape index (κ2) is 6.21. The lowest BCUT2D eigenvalue weighted by molar-refractivity contribution is 0.0368. The van der Waals surface area contributed by atoms with E-state index in [1.165, 1.54) is 6.07 Å². The SMILES string of the molecule is Cc1cc(NC(C)CN2CCOCC2)c(N)cc1F. The van der Waals surface area contributed by atoms with Gasteiger partial charge in [0, 0.05) is 25.7 Å². The van der Waals surface area contributed by atoms with E-state index in [4.69, 9.17) is 10.5 Å². The zero-order chi connectivity index (χ0) is 13.8. The molecule has 1 aliphatic rings. The summed E-state index contributed by atoms with van der Waals surface area (Å²) in [5.74, 6) is -0.260. The fourth-order valence-corrected chi connectivity index (χ4v) is 2.30. The standard InChI is InChI=1S/C14H22FN3O/c1-10-7-14(13(16)8-12(10)15)17-11(2)9-18-3-5-19-6-4-18/h7-8,11,17H,3-6,9,16H2,1-2H3. The third-order valence-corrected chi connectivity index (χ3v) is 3.37. The average molecular weight is 267 g/mol. The van der Waals surface area contributed by atoms with Crippen LogP contribution in [-0.4, -0.2) is 43.8 Å². The Bertz CT molecular complexity index is 433. The van der Waals surface area contributed by atoms with E-state index in [9.17, 15) is 4.39 Å². The number of anilines is 2. The van der Waals surface area contributed by atoms with Gasteiger partial charge in [0.2, 0.25) is 0 Å². The Hall–Kier alpha value is -1.33. The minimum atomic E-state index is -0.260. The van der Waals surface area contributed by atoms with E-state index in [2.05, 4.69) is 17.1 Å². The smallest absolute Gasteiger partial charge is 0.128 e. The molecule has 5 heteroatoms. The summed E-state index contributed by atoms with van der Waals surface area (Å²) in [6, 6.07) is 3.39. The minimum absolute atomic E-state index is 0.255. The largest absolute Gasteiger partial charge is 0.397 e. The Labute approximate surface area is 113 Å². The van der Waals surface area contributed by atoms with Crippen molar-refractivity contribution in [2.45, 2.75) is 19.9 Å². The Balaban J connectivity index is 1.94. The number of nitrogens with two attached hydrogens (primary N) is 1. The maximum atomic E-state index is 13.3. The highest BCUT2D eigenvalue weighted by Gasteiger charge is 2.14. The van der Waals surface area contributed by atoms with Crippen molar-refractivity contribution < 1.29 is 9.13 Å². The summed E-state index contributed by atoms with van der Waals surface area (Å²) in [7, 11) is 0. The van der Waals surface area contributed by atoms with Crippen LogP contribution in [0.4, 0.5) is 15.8 Å².